The Labute approximate surface area is 113 Å². The average Bonchev–Trinajstić information content (AvgIpc) is 2.44. The molecule has 19 heavy (non-hydrogen) atoms. The highest BCUT2D eigenvalue weighted by Gasteiger charge is 2.16. The number of hydrogen-bond donors (Lipinski definition) is 2. The maximum atomic E-state index is 12.0. The van der Waals surface area contributed by atoms with Crippen molar-refractivity contribution >= 4 is 11.8 Å². The predicted octanol–water partition coefficient (Wildman–Crippen LogP) is 1.34. The van der Waals surface area contributed by atoms with Crippen LogP contribution in [0.5, 0.6) is 5.75 Å². The van der Waals surface area contributed by atoms with Gasteiger partial charge >= 0.3 is 0 Å². The summed E-state index contributed by atoms with van der Waals surface area (Å²) in [6, 6.07) is 6.23. The molecule has 0 radical (unpaired) electrons. The van der Waals surface area contributed by atoms with Crippen molar-refractivity contribution in [2.75, 3.05) is 13.7 Å². The Morgan fingerprint density at radius 3 is 2.74 bits per heavy atom. The van der Waals surface area contributed by atoms with Crippen molar-refractivity contribution in [2.45, 2.75) is 26.3 Å². The van der Waals surface area contributed by atoms with Crippen molar-refractivity contribution in [1.82, 2.24) is 10.6 Å². The Morgan fingerprint density at radius 2 is 2.11 bits per heavy atom. The second-order valence-electron chi connectivity index (χ2n) is 4.22. The van der Waals surface area contributed by atoms with Gasteiger partial charge in [0.15, 0.2) is 0 Å². The van der Waals surface area contributed by atoms with E-state index in [2.05, 4.69) is 10.6 Å². The van der Waals surface area contributed by atoms with Crippen LogP contribution in [-0.4, -0.2) is 31.5 Å². The smallest absolute Gasteiger partial charge is 0.252 e. The number of carbonyl (C=O) groups excluding carboxylic acids is 2. The zero-order chi connectivity index (χ0) is 14.3. The lowest BCUT2D eigenvalue weighted by molar-refractivity contribution is -0.122. The van der Waals surface area contributed by atoms with E-state index in [1.807, 2.05) is 6.92 Å². The highest BCUT2D eigenvalue weighted by Crippen LogP contribution is 2.12. The summed E-state index contributed by atoms with van der Waals surface area (Å²) >= 11 is 0. The van der Waals surface area contributed by atoms with Gasteiger partial charge in [-0.05, 0) is 31.5 Å². The van der Waals surface area contributed by atoms with Crippen LogP contribution in [0.1, 0.15) is 30.6 Å². The summed E-state index contributed by atoms with van der Waals surface area (Å²) in [7, 11) is 1.54. The monoisotopic (exact) mass is 264 g/mol. The summed E-state index contributed by atoms with van der Waals surface area (Å²) in [4.78, 5) is 23.6. The van der Waals surface area contributed by atoms with Crippen molar-refractivity contribution in [3.8, 4) is 5.75 Å². The van der Waals surface area contributed by atoms with Crippen LogP contribution in [0.25, 0.3) is 0 Å². The fourth-order valence-corrected chi connectivity index (χ4v) is 1.51. The van der Waals surface area contributed by atoms with Crippen molar-refractivity contribution < 1.29 is 14.3 Å². The van der Waals surface area contributed by atoms with Crippen LogP contribution in [0.15, 0.2) is 24.3 Å². The topological polar surface area (TPSA) is 67.4 Å². The molecular weight excluding hydrogens is 244 g/mol. The average molecular weight is 264 g/mol. The quantitative estimate of drug-likeness (QED) is 0.814. The Bertz CT molecular complexity index is 446. The second-order valence-corrected chi connectivity index (χ2v) is 4.22. The molecule has 1 aromatic carbocycles. The van der Waals surface area contributed by atoms with Crippen LogP contribution in [-0.2, 0) is 4.79 Å². The summed E-state index contributed by atoms with van der Waals surface area (Å²) in [6.07, 6.45) is 0.863. The van der Waals surface area contributed by atoms with Crippen molar-refractivity contribution in [3.05, 3.63) is 29.8 Å². The van der Waals surface area contributed by atoms with Gasteiger partial charge in [-0.3, -0.25) is 9.59 Å². The number of hydrogen-bond acceptors (Lipinski definition) is 3. The molecule has 104 valence electrons. The number of carbonyl (C=O) groups is 2. The molecule has 2 amide bonds. The Hall–Kier alpha value is -2.04. The van der Waals surface area contributed by atoms with Crippen LogP contribution in [0.2, 0.25) is 0 Å². The zero-order valence-corrected chi connectivity index (χ0v) is 11.5. The number of methoxy groups -OCH3 is 1. The lowest BCUT2D eigenvalue weighted by atomic mass is 10.2. The number of nitrogens with one attached hydrogen (secondary N) is 2. The lowest BCUT2D eigenvalue weighted by Gasteiger charge is -2.14. The molecule has 0 saturated carbocycles. The van der Waals surface area contributed by atoms with Gasteiger partial charge in [0.1, 0.15) is 11.8 Å². The molecule has 1 aromatic rings. The van der Waals surface area contributed by atoms with Crippen LogP contribution in [0, 0.1) is 0 Å². The summed E-state index contributed by atoms with van der Waals surface area (Å²) in [5.74, 6) is 0.131. The number of ether oxygens (including phenoxy) is 1. The standard InChI is InChI=1S/C14H20N2O3/c1-4-8-15-13(17)10(2)16-14(18)11-6-5-7-12(9-11)19-3/h5-7,9-10H,4,8H2,1-3H3,(H,15,17)(H,16,18)/t10-/m1/s1. The predicted molar refractivity (Wildman–Crippen MR) is 73.2 cm³/mol. The maximum Gasteiger partial charge on any atom is 0.252 e. The first kappa shape index (κ1) is 15.0. The van der Waals surface area contributed by atoms with E-state index in [-0.39, 0.29) is 11.8 Å². The molecule has 1 rings (SSSR count). The highest BCUT2D eigenvalue weighted by molar-refractivity contribution is 5.97. The molecule has 0 heterocycles. The van der Waals surface area contributed by atoms with Crippen LogP contribution in [0.4, 0.5) is 0 Å². The minimum atomic E-state index is -0.565. The van der Waals surface area contributed by atoms with Gasteiger partial charge < -0.3 is 15.4 Å². The van der Waals surface area contributed by atoms with Gasteiger partial charge in [0.05, 0.1) is 7.11 Å². The van der Waals surface area contributed by atoms with Gasteiger partial charge in [-0.25, -0.2) is 0 Å². The summed E-state index contributed by atoms with van der Waals surface area (Å²) in [5.41, 5.74) is 0.467. The Balaban J connectivity index is 2.60. The molecule has 0 aliphatic rings. The van der Waals surface area contributed by atoms with E-state index in [1.165, 1.54) is 7.11 Å². The molecule has 0 aromatic heterocycles. The number of rotatable bonds is 6. The van der Waals surface area contributed by atoms with E-state index in [9.17, 15) is 9.59 Å². The van der Waals surface area contributed by atoms with Gasteiger partial charge in [0.2, 0.25) is 5.91 Å². The largest absolute Gasteiger partial charge is 0.497 e. The first-order chi connectivity index (χ1) is 9.08. The lowest BCUT2D eigenvalue weighted by Crippen LogP contribution is -2.45. The maximum absolute atomic E-state index is 12.0. The molecule has 5 heteroatoms. The Kier molecular flexibility index (Phi) is 5.85. The first-order valence-corrected chi connectivity index (χ1v) is 6.31. The summed E-state index contributed by atoms with van der Waals surface area (Å²) in [5, 5.41) is 5.38. The fourth-order valence-electron chi connectivity index (χ4n) is 1.51. The van der Waals surface area contributed by atoms with Crippen LogP contribution >= 0.6 is 0 Å². The number of benzene rings is 1. The zero-order valence-electron chi connectivity index (χ0n) is 11.5. The van der Waals surface area contributed by atoms with Crippen LogP contribution < -0.4 is 15.4 Å². The molecule has 0 saturated heterocycles. The van der Waals surface area contributed by atoms with E-state index in [0.29, 0.717) is 17.9 Å². The van der Waals surface area contributed by atoms with Gasteiger partial charge in [-0.2, -0.15) is 0 Å². The first-order valence-electron chi connectivity index (χ1n) is 6.31. The SMILES string of the molecule is CCCNC(=O)[C@@H](C)NC(=O)c1cccc(OC)c1. The Morgan fingerprint density at radius 1 is 1.37 bits per heavy atom. The molecule has 0 bridgehead atoms. The minimum absolute atomic E-state index is 0.182. The number of amides is 2. The van der Waals surface area contributed by atoms with Gasteiger partial charge in [0.25, 0.3) is 5.91 Å². The van der Waals surface area contributed by atoms with Gasteiger partial charge in [-0.15, -0.1) is 0 Å². The van der Waals surface area contributed by atoms with E-state index in [1.54, 1.807) is 31.2 Å². The molecule has 2 N–H and O–H groups in total. The molecular formula is C14H20N2O3. The second kappa shape index (κ2) is 7.41. The van der Waals surface area contributed by atoms with Crippen molar-refractivity contribution in [3.63, 3.8) is 0 Å². The minimum Gasteiger partial charge on any atom is -0.497 e. The van der Waals surface area contributed by atoms with E-state index < -0.39 is 6.04 Å². The highest BCUT2D eigenvalue weighted by atomic mass is 16.5. The molecule has 0 aliphatic heterocycles. The van der Waals surface area contributed by atoms with Crippen LogP contribution in [0.3, 0.4) is 0 Å². The molecule has 0 spiro atoms. The fraction of sp³-hybridized carbons (Fsp3) is 0.429. The third-order valence-corrected chi connectivity index (χ3v) is 2.62. The van der Waals surface area contributed by atoms with E-state index >= 15 is 0 Å². The van der Waals surface area contributed by atoms with E-state index in [4.69, 9.17) is 4.74 Å². The van der Waals surface area contributed by atoms with Crippen molar-refractivity contribution in [1.29, 1.82) is 0 Å². The third kappa shape index (κ3) is 4.62. The molecule has 5 nitrogen and oxygen atoms in total. The molecule has 0 unspecified atom stereocenters. The van der Waals surface area contributed by atoms with Gasteiger partial charge in [0, 0.05) is 12.1 Å². The molecule has 0 aliphatic carbocycles. The molecule has 1 atom stereocenters. The summed E-state index contributed by atoms with van der Waals surface area (Å²) in [6.45, 7) is 4.24. The van der Waals surface area contributed by atoms with E-state index in [0.717, 1.165) is 6.42 Å². The van der Waals surface area contributed by atoms with Crippen molar-refractivity contribution in [2.24, 2.45) is 0 Å². The summed E-state index contributed by atoms with van der Waals surface area (Å²) < 4.78 is 5.05. The third-order valence-electron chi connectivity index (χ3n) is 2.62. The van der Waals surface area contributed by atoms with Gasteiger partial charge in [-0.1, -0.05) is 13.0 Å². The normalized spacial score (nSPS) is 11.5. The molecule has 0 fully saturated rings.